The molecule has 0 radical (unpaired) electrons. The average Bonchev–Trinajstić information content (AvgIpc) is 2.27. The Labute approximate surface area is 105 Å². The second-order valence-electron chi connectivity index (χ2n) is 5.13. The molecule has 0 aliphatic heterocycles. The minimum absolute atomic E-state index is 0.0918. The summed E-state index contributed by atoms with van der Waals surface area (Å²) in [6.07, 6.45) is 0.807. The maximum absolute atomic E-state index is 12.3. The van der Waals surface area contributed by atoms with E-state index in [4.69, 9.17) is 0 Å². The molecule has 0 aliphatic carbocycles. The van der Waals surface area contributed by atoms with Crippen LogP contribution in [0.15, 0.2) is 33.9 Å². The first-order valence-electron chi connectivity index (χ1n) is 6.24. The molecular weight excluding hydrogens is 228 g/mol. The van der Waals surface area contributed by atoms with Gasteiger partial charge in [0, 0.05) is 6.04 Å². The highest BCUT2D eigenvalue weighted by molar-refractivity contribution is 5.76. The number of fused-ring (bicyclic) bond motifs is 1. The third-order valence-corrected chi connectivity index (χ3v) is 3.09. The first kappa shape index (κ1) is 12.6. The maximum Gasteiger partial charge on any atom is 0.329 e. The van der Waals surface area contributed by atoms with Crippen LogP contribution in [0.2, 0.25) is 0 Å². The summed E-state index contributed by atoms with van der Waals surface area (Å²) < 4.78 is 1.32. The average molecular weight is 246 g/mol. The Morgan fingerprint density at radius 1 is 1.17 bits per heavy atom. The van der Waals surface area contributed by atoms with E-state index in [1.165, 1.54) is 4.57 Å². The minimum Gasteiger partial charge on any atom is -0.307 e. The van der Waals surface area contributed by atoms with Crippen molar-refractivity contribution in [1.29, 1.82) is 0 Å². The van der Waals surface area contributed by atoms with Crippen LogP contribution in [-0.4, -0.2) is 9.55 Å². The summed E-state index contributed by atoms with van der Waals surface area (Å²) in [4.78, 5) is 27.1. The number of benzene rings is 1. The third-order valence-electron chi connectivity index (χ3n) is 3.09. The monoisotopic (exact) mass is 246 g/mol. The van der Waals surface area contributed by atoms with Crippen molar-refractivity contribution in [2.24, 2.45) is 5.92 Å². The number of hydrogen-bond donors (Lipinski definition) is 1. The smallest absolute Gasteiger partial charge is 0.307 e. The molecule has 1 atom stereocenters. The standard InChI is InChI=1S/C14H18N2O2/c1-9(2)8-10(3)16-13(17)11-6-4-5-7-12(11)15-14(16)18/h4-7,9-10H,8H2,1-3H3,(H,15,18). The quantitative estimate of drug-likeness (QED) is 0.903. The molecule has 2 aromatic rings. The summed E-state index contributed by atoms with van der Waals surface area (Å²) in [6, 6.07) is 7.01. The molecule has 2 rings (SSSR count). The van der Waals surface area contributed by atoms with Crippen molar-refractivity contribution in [3.63, 3.8) is 0 Å². The predicted octanol–water partition coefficient (Wildman–Crippen LogP) is 2.30. The lowest BCUT2D eigenvalue weighted by Crippen LogP contribution is -2.37. The van der Waals surface area contributed by atoms with Crippen LogP contribution in [0.5, 0.6) is 0 Å². The Morgan fingerprint density at radius 3 is 2.50 bits per heavy atom. The van der Waals surface area contributed by atoms with Crippen molar-refractivity contribution in [3.8, 4) is 0 Å². The first-order chi connectivity index (χ1) is 8.50. The minimum atomic E-state index is -0.327. The fourth-order valence-corrected chi connectivity index (χ4v) is 2.36. The van der Waals surface area contributed by atoms with E-state index in [1.54, 1.807) is 24.3 Å². The second kappa shape index (κ2) is 4.80. The zero-order chi connectivity index (χ0) is 13.3. The molecule has 4 heteroatoms. The van der Waals surface area contributed by atoms with Crippen LogP contribution in [0.3, 0.4) is 0 Å². The lowest BCUT2D eigenvalue weighted by molar-refractivity contribution is 0.408. The van der Waals surface area contributed by atoms with Crippen molar-refractivity contribution in [1.82, 2.24) is 9.55 Å². The highest BCUT2D eigenvalue weighted by Gasteiger charge is 2.14. The van der Waals surface area contributed by atoms with Crippen molar-refractivity contribution in [2.75, 3.05) is 0 Å². The van der Waals surface area contributed by atoms with Crippen LogP contribution >= 0.6 is 0 Å². The van der Waals surface area contributed by atoms with Crippen LogP contribution < -0.4 is 11.2 Å². The zero-order valence-electron chi connectivity index (χ0n) is 10.9. The van der Waals surface area contributed by atoms with Gasteiger partial charge in [0.25, 0.3) is 5.56 Å². The van der Waals surface area contributed by atoms with Gasteiger partial charge in [-0.3, -0.25) is 9.36 Å². The molecule has 18 heavy (non-hydrogen) atoms. The van der Waals surface area contributed by atoms with E-state index in [0.717, 1.165) is 6.42 Å². The molecule has 1 N–H and O–H groups in total. The number of nitrogens with zero attached hydrogens (tertiary/aromatic N) is 1. The van der Waals surface area contributed by atoms with Gasteiger partial charge in [0.2, 0.25) is 0 Å². The summed E-state index contributed by atoms with van der Waals surface area (Å²) in [7, 11) is 0. The number of hydrogen-bond acceptors (Lipinski definition) is 2. The number of aromatic amines is 1. The lowest BCUT2D eigenvalue weighted by atomic mass is 10.1. The first-order valence-corrected chi connectivity index (χ1v) is 6.24. The normalized spacial score (nSPS) is 13.1. The number of aromatic nitrogens is 2. The predicted molar refractivity (Wildman–Crippen MR) is 73.0 cm³/mol. The number of rotatable bonds is 3. The molecule has 0 amide bonds. The molecule has 0 bridgehead atoms. The fraction of sp³-hybridized carbons (Fsp3) is 0.429. The van der Waals surface area contributed by atoms with E-state index < -0.39 is 0 Å². The number of nitrogens with one attached hydrogen (secondary N) is 1. The van der Waals surface area contributed by atoms with Gasteiger partial charge in [0.1, 0.15) is 0 Å². The number of para-hydroxylation sites is 1. The van der Waals surface area contributed by atoms with Crippen LogP contribution in [-0.2, 0) is 0 Å². The van der Waals surface area contributed by atoms with Gasteiger partial charge in [-0.05, 0) is 31.4 Å². The topological polar surface area (TPSA) is 54.9 Å². The molecule has 1 aromatic heterocycles. The van der Waals surface area contributed by atoms with Gasteiger partial charge < -0.3 is 4.98 Å². The SMILES string of the molecule is CC(C)CC(C)n1c(=O)[nH]c2ccccc2c1=O. The van der Waals surface area contributed by atoms with E-state index in [9.17, 15) is 9.59 Å². The van der Waals surface area contributed by atoms with Crippen LogP contribution in [0.1, 0.15) is 33.2 Å². The fourth-order valence-electron chi connectivity index (χ4n) is 2.36. The molecule has 0 saturated heterocycles. The largest absolute Gasteiger partial charge is 0.329 e. The van der Waals surface area contributed by atoms with Crippen LogP contribution in [0.25, 0.3) is 10.9 Å². The van der Waals surface area contributed by atoms with Gasteiger partial charge in [-0.15, -0.1) is 0 Å². The molecule has 0 spiro atoms. The Hall–Kier alpha value is -1.84. The summed E-state index contributed by atoms with van der Waals surface area (Å²) in [6.45, 7) is 6.07. The lowest BCUT2D eigenvalue weighted by Gasteiger charge is -2.16. The molecule has 1 aromatic carbocycles. The van der Waals surface area contributed by atoms with Crippen LogP contribution in [0.4, 0.5) is 0 Å². The van der Waals surface area contributed by atoms with E-state index in [2.05, 4.69) is 18.8 Å². The molecular formula is C14H18N2O2. The number of H-pyrrole nitrogens is 1. The highest BCUT2D eigenvalue weighted by Crippen LogP contribution is 2.14. The van der Waals surface area contributed by atoms with E-state index >= 15 is 0 Å². The van der Waals surface area contributed by atoms with Gasteiger partial charge in [0.15, 0.2) is 0 Å². The van der Waals surface area contributed by atoms with Crippen molar-refractivity contribution in [3.05, 3.63) is 45.1 Å². The van der Waals surface area contributed by atoms with Crippen molar-refractivity contribution in [2.45, 2.75) is 33.2 Å². The summed E-state index contributed by atoms with van der Waals surface area (Å²) in [5.74, 6) is 0.442. The molecule has 0 fully saturated rings. The molecule has 96 valence electrons. The molecule has 1 heterocycles. The second-order valence-corrected chi connectivity index (χ2v) is 5.13. The Balaban J connectivity index is 2.65. The summed E-state index contributed by atoms with van der Waals surface area (Å²) in [5.41, 5.74) is 0.0647. The van der Waals surface area contributed by atoms with Gasteiger partial charge in [-0.2, -0.15) is 0 Å². The van der Waals surface area contributed by atoms with E-state index in [-0.39, 0.29) is 17.3 Å². The Morgan fingerprint density at radius 2 is 1.83 bits per heavy atom. The molecule has 4 nitrogen and oxygen atoms in total. The van der Waals surface area contributed by atoms with E-state index in [0.29, 0.717) is 16.8 Å². The van der Waals surface area contributed by atoms with E-state index in [1.807, 2.05) is 6.92 Å². The van der Waals surface area contributed by atoms with Crippen LogP contribution in [0, 0.1) is 5.92 Å². The molecule has 0 saturated carbocycles. The molecule has 1 unspecified atom stereocenters. The Bertz CT molecular complexity index is 667. The van der Waals surface area contributed by atoms with Gasteiger partial charge >= 0.3 is 5.69 Å². The summed E-state index contributed by atoms with van der Waals surface area (Å²) in [5, 5.41) is 0.563. The summed E-state index contributed by atoms with van der Waals surface area (Å²) >= 11 is 0. The maximum atomic E-state index is 12.3. The van der Waals surface area contributed by atoms with Gasteiger partial charge in [-0.1, -0.05) is 26.0 Å². The highest BCUT2D eigenvalue weighted by atomic mass is 16.2. The van der Waals surface area contributed by atoms with Gasteiger partial charge in [-0.25, -0.2) is 4.79 Å². The van der Waals surface area contributed by atoms with Gasteiger partial charge in [0.05, 0.1) is 10.9 Å². The molecule has 0 aliphatic rings. The zero-order valence-corrected chi connectivity index (χ0v) is 10.9. The third kappa shape index (κ3) is 2.23. The Kier molecular flexibility index (Phi) is 3.36. The van der Waals surface area contributed by atoms with Crippen molar-refractivity contribution < 1.29 is 0 Å². The van der Waals surface area contributed by atoms with Crippen molar-refractivity contribution >= 4 is 10.9 Å².